The Morgan fingerprint density at radius 2 is 1.92 bits per heavy atom. The number of hydrogen-bond acceptors (Lipinski definition) is 3. The second-order valence-corrected chi connectivity index (χ2v) is 6.61. The number of anilines is 1. The number of para-hydroxylation sites is 1. The van der Waals surface area contributed by atoms with Gasteiger partial charge in [-0.05, 0) is 49.1 Å². The number of ether oxygens (including phenoxy) is 1. The van der Waals surface area contributed by atoms with Gasteiger partial charge in [-0.15, -0.1) is 0 Å². The lowest BCUT2D eigenvalue weighted by atomic mass is 10.1. The number of amides is 1. The summed E-state index contributed by atoms with van der Waals surface area (Å²) in [6.07, 6.45) is 2.55. The quantitative estimate of drug-likeness (QED) is 0.839. The second-order valence-electron chi connectivity index (χ2n) is 6.61. The van der Waals surface area contributed by atoms with Crippen LogP contribution in [0.4, 0.5) is 5.69 Å². The summed E-state index contributed by atoms with van der Waals surface area (Å²) in [6, 6.07) is 16.8. The Morgan fingerprint density at radius 1 is 1.16 bits per heavy atom. The molecule has 4 nitrogen and oxygen atoms in total. The van der Waals surface area contributed by atoms with Gasteiger partial charge in [0.25, 0.3) is 0 Å². The number of carbonyl (C=O) groups is 1. The van der Waals surface area contributed by atoms with Crippen molar-refractivity contribution in [3.05, 3.63) is 59.7 Å². The number of hydrogen-bond donors (Lipinski definition) is 1. The highest BCUT2D eigenvalue weighted by atomic mass is 16.5. The molecular weight excluding hydrogens is 312 g/mol. The van der Waals surface area contributed by atoms with Gasteiger partial charge in [0.1, 0.15) is 5.75 Å². The Morgan fingerprint density at radius 3 is 2.60 bits per heavy atom. The van der Waals surface area contributed by atoms with Crippen molar-refractivity contribution >= 4 is 11.6 Å². The lowest BCUT2D eigenvalue weighted by molar-refractivity contribution is -0.117. The van der Waals surface area contributed by atoms with E-state index in [1.54, 1.807) is 7.11 Å². The standard InChI is InChI=1S/C21H26N2O2/c1-16(14-18-6-3-4-7-20(18)25-2)22-15-17-9-11-19(12-10-17)23-13-5-8-21(23)24/h3-4,6-7,9-12,16,22H,5,8,13-15H2,1-2H3. The third kappa shape index (κ3) is 4.40. The molecule has 2 aromatic rings. The summed E-state index contributed by atoms with van der Waals surface area (Å²) in [7, 11) is 1.71. The Balaban J connectivity index is 1.53. The zero-order chi connectivity index (χ0) is 17.6. The Hall–Kier alpha value is -2.33. The molecule has 1 N–H and O–H groups in total. The number of rotatable bonds is 7. The summed E-state index contributed by atoms with van der Waals surface area (Å²) in [6.45, 7) is 3.83. The van der Waals surface area contributed by atoms with Crippen molar-refractivity contribution in [2.75, 3.05) is 18.6 Å². The smallest absolute Gasteiger partial charge is 0.227 e. The topological polar surface area (TPSA) is 41.6 Å². The lowest BCUT2D eigenvalue weighted by Gasteiger charge is -2.18. The van der Waals surface area contributed by atoms with Crippen LogP contribution in [0.15, 0.2) is 48.5 Å². The molecule has 1 aliphatic rings. The normalized spacial score (nSPS) is 15.4. The molecule has 2 aromatic carbocycles. The molecule has 1 atom stereocenters. The van der Waals surface area contributed by atoms with Gasteiger partial charge >= 0.3 is 0 Å². The molecule has 0 bridgehead atoms. The highest BCUT2D eigenvalue weighted by Gasteiger charge is 2.21. The number of benzene rings is 2. The third-order valence-electron chi connectivity index (χ3n) is 4.69. The van der Waals surface area contributed by atoms with Crippen LogP contribution in [-0.4, -0.2) is 25.6 Å². The molecule has 1 unspecified atom stereocenters. The largest absolute Gasteiger partial charge is 0.496 e. The van der Waals surface area contributed by atoms with E-state index in [0.717, 1.165) is 37.4 Å². The van der Waals surface area contributed by atoms with Gasteiger partial charge in [0.05, 0.1) is 7.11 Å². The van der Waals surface area contributed by atoms with Crippen molar-refractivity contribution in [3.63, 3.8) is 0 Å². The molecule has 4 heteroatoms. The van der Waals surface area contributed by atoms with Crippen LogP contribution in [0.5, 0.6) is 5.75 Å². The summed E-state index contributed by atoms with van der Waals surface area (Å²) in [4.78, 5) is 13.7. The van der Waals surface area contributed by atoms with E-state index in [-0.39, 0.29) is 5.91 Å². The molecule has 0 spiro atoms. The fourth-order valence-electron chi connectivity index (χ4n) is 3.28. The fraction of sp³-hybridized carbons (Fsp3) is 0.381. The van der Waals surface area contributed by atoms with Crippen LogP contribution < -0.4 is 15.0 Å². The predicted molar refractivity (Wildman–Crippen MR) is 101 cm³/mol. The van der Waals surface area contributed by atoms with Crippen molar-refractivity contribution in [3.8, 4) is 5.75 Å². The summed E-state index contributed by atoms with van der Waals surface area (Å²) in [5, 5.41) is 3.56. The Bertz CT molecular complexity index is 712. The first-order chi connectivity index (χ1) is 12.2. The van der Waals surface area contributed by atoms with Crippen LogP contribution in [0.3, 0.4) is 0 Å². The van der Waals surface area contributed by atoms with Crippen LogP contribution in [0.2, 0.25) is 0 Å². The fourth-order valence-corrected chi connectivity index (χ4v) is 3.28. The van der Waals surface area contributed by atoms with E-state index in [1.807, 2.05) is 35.2 Å². The highest BCUT2D eigenvalue weighted by Crippen LogP contribution is 2.22. The Kier molecular flexibility index (Phi) is 5.71. The van der Waals surface area contributed by atoms with Crippen LogP contribution in [-0.2, 0) is 17.8 Å². The number of nitrogens with one attached hydrogen (secondary N) is 1. The molecule has 0 radical (unpaired) electrons. The van der Waals surface area contributed by atoms with Crippen LogP contribution in [0, 0.1) is 0 Å². The minimum absolute atomic E-state index is 0.233. The first-order valence-corrected chi connectivity index (χ1v) is 8.92. The number of methoxy groups -OCH3 is 1. The molecule has 0 saturated carbocycles. The maximum Gasteiger partial charge on any atom is 0.227 e. The molecule has 1 amide bonds. The van der Waals surface area contributed by atoms with Crippen molar-refractivity contribution in [2.45, 2.75) is 38.8 Å². The van der Waals surface area contributed by atoms with Gasteiger partial charge in [0, 0.05) is 31.2 Å². The molecule has 1 aliphatic heterocycles. The highest BCUT2D eigenvalue weighted by molar-refractivity contribution is 5.95. The molecule has 1 heterocycles. The zero-order valence-corrected chi connectivity index (χ0v) is 15.0. The minimum Gasteiger partial charge on any atom is -0.496 e. The summed E-state index contributed by atoms with van der Waals surface area (Å²) >= 11 is 0. The molecular formula is C21H26N2O2. The van der Waals surface area contributed by atoms with E-state index in [1.165, 1.54) is 11.1 Å². The SMILES string of the molecule is COc1ccccc1CC(C)NCc1ccc(N2CCCC2=O)cc1. The average molecular weight is 338 g/mol. The molecule has 132 valence electrons. The molecule has 25 heavy (non-hydrogen) atoms. The van der Waals surface area contributed by atoms with Crippen molar-refractivity contribution in [2.24, 2.45) is 0 Å². The van der Waals surface area contributed by atoms with E-state index in [0.29, 0.717) is 12.5 Å². The lowest BCUT2D eigenvalue weighted by Crippen LogP contribution is -2.28. The van der Waals surface area contributed by atoms with Crippen molar-refractivity contribution in [1.82, 2.24) is 5.32 Å². The number of nitrogens with zero attached hydrogens (tertiary/aromatic N) is 1. The van der Waals surface area contributed by atoms with Crippen LogP contribution in [0.25, 0.3) is 0 Å². The van der Waals surface area contributed by atoms with E-state index in [2.05, 4.69) is 30.4 Å². The first kappa shape index (κ1) is 17.5. The summed E-state index contributed by atoms with van der Waals surface area (Å²) in [5.74, 6) is 1.17. The van der Waals surface area contributed by atoms with Crippen molar-refractivity contribution < 1.29 is 9.53 Å². The van der Waals surface area contributed by atoms with Gasteiger partial charge in [-0.3, -0.25) is 4.79 Å². The molecule has 3 rings (SSSR count). The van der Waals surface area contributed by atoms with Gasteiger partial charge in [0.2, 0.25) is 5.91 Å². The van der Waals surface area contributed by atoms with Gasteiger partial charge < -0.3 is 15.0 Å². The van der Waals surface area contributed by atoms with Crippen LogP contribution in [0.1, 0.15) is 30.9 Å². The zero-order valence-electron chi connectivity index (χ0n) is 15.0. The van der Waals surface area contributed by atoms with Gasteiger partial charge in [-0.2, -0.15) is 0 Å². The molecule has 0 aliphatic carbocycles. The molecule has 1 saturated heterocycles. The van der Waals surface area contributed by atoms with Gasteiger partial charge in [0.15, 0.2) is 0 Å². The number of carbonyl (C=O) groups excluding carboxylic acids is 1. The summed E-state index contributed by atoms with van der Waals surface area (Å²) in [5.41, 5.74) is 3.45. The maximum atomic E-state index is 11.8. The van der Waals surface area contributed by atoms with Crippen molar-refractivity contribution in [1.29, 1.82) is 0 Å². The van der Waals surface area contributed by atoms with E-state index in [4.69, 9.17) is 4.74 Å². The molecule has 1 fully saturated rings. The van der Waals surface area contributed by atoms with E-state index >= 15 is 0 Å². The monoisotopic (exact) mass is 338 g/mol. The predicted octanol–water partition coefficient (Wildman–Crippen LogP) is 3.54. The molecule has 0 aromatic heterocycles. The Labute approximate surface area is 149 Å². The maximum absolute atomic E-state index is 11.8. The average Bonchev–Trinajstić information content (AvgIpc) is 3.07. The second kappa shape index (κ2) is 8.17. The van der Waals surface area contributed by atoms with Gasteiger partial charge in [-0.1, -0.05) is 30.3 Å². The van der Waals surface area contributed by atoms with Gasteiger partial charge in [-0.25, -0.2) is 0 Å². The van der Waals surface area contributed by atoms with E-state index in [9.17, 15) is 4.79 Å². The van der Waals surface area contributed by atoms with Crippen LogP contribution >= 0.6 is 0 Å². The van der Waals surface area contributed by atoms with E-state index < -0.39 is 0 Å². The third-order valence-corrected chi connectivity index (χ3v) is 4.69. The summed E-state index contributed by atoms with van der Waals surface area (Å²) < 4.78 is 5.42. The first-order valence-electron chi connectivity index (χ1n) is 8.92. The minimum atomic E-state index is 0.233.